The Labute approximate surface area is 215 Å². The van der Waals surface area contributed by atoms with E-state index in [1.165, 1.54) is 35.3 Å². The molecule has 4 rings (SSSR count). The average molecular weight is 527 g/mol. The number of halogens is 3. The third-order valence-electron chi connectivity index (χ3n) is 4.98. The molecule has 12 heteroatoms. The molecule has 0 aliphatic carbocycles. The lowest BCUT2D eigenvalue weighted by Crippen LogP contribution is -2.24. The fraction of sp³-hybridized carbons (Fsp3) is 0.120. The van der Waals surface area contributed by atoms with Crippen LogP contribution < -0.4 is 20.2 Å². The van der Waals surface area contributed by atoms with E-state index in [0.717, 1.165) is 22.4 Å². The van der Waals surface area contributed by atoms with E-state index in [1.54, 1.807) is 13.3 Å². The lowest BCUT2D eigenvalue weighted by atomic mass is 10.1. The number of aryl methyl sites for hydroxylation is 1. The SMILES string of the molecule is COc1cc(C)ccc1NC(=S)N/N=C/c1ccc(-c2ncn(-c3ccc(OC(F)(F)F)cc3)n2)cc1. The highest BCUT2D eigenvalue weighted by atomic mass is 32.1. The predicted molar refractivity (Wildman–Crippen MR) is 138 cm³/mol. The monoisotopic (exact) mass is 526 g/mol. The first-order chi connectivity index (χ1) is 17.7. The molecule has 0 radical (unpaired) electrons. The van der Waals surface area contributed by atoms with Crippen molar-refractivity contribution >= 4 is 29.2 Å². The first-order valence-corrected chi connectivity index (χ1v) is 11.2. The van der Waals surface area contributed by atoms with Gasteiger partial charge in [0, 0.05) is 5.56 Å². The van der Waals surface area contributed by atoms with Gasteiger partial charge in [-0.25, -0.2) is 9.67 Å². The first-order valence-electron chi connectivity index (χ1n) is 10.8. The summed E-state index contributed by atoms with van der Waals surface area (Å²) >= 11 is 5.28. The fourth-order valence-corrected chi connectivity index (χ4v) is 3.42. The second-order valence-corrected chi connectivity index (χ2v) is 8.11. The van der Waals surface area contributed by atoms with Crippen LogP contribution in [-0.4, -0.2) is 39.6 Å². The lowest BCUT2D eigenvalue weighted by Gasteiger charge is -2.11. The summed E-state index contributed by atoms with van der Waals surface area (Å²) in [6.07, 6.45) is -1.65. The number of hydrazone groups is 1. The number of hydrogen-bond acceptors (Lipinski definition) is 6. The highest BCUT2D eigenvalue weighted by Gasteiger charge is 2.31. The highest BCUT2D eigenvalue weighted by Crippen LogP contribution is 2.25. The number of rotatable bonds is 7. The van der Waals surface area contributed by atoms with Crippen molar-refractivity contribution < 1.29 is 22.6 Å². The summed E-state index contributed by atoms with van der Waals surface area (Å²) in [7, 11) is 1.59. The van der Waals surface area contributed by atoms with Crippen LogP contribution in [0.15, 0.2) is 78.2 Å². The van der Waals surface area contributed by atoms with Crippen molar-refractivity contribution in [1.82, 2.24) is 20.2 Å². The quantitative estimate of drug-likeness (QED) is 0.188. The van der Waals surface area contributed by atoms with Gasteiger partial charge in [-0.05, 0) is 66.7 Å². The molecule has 0 spiro atoms. The highest BCUT2D eigenvalue weighted by molar-refractivity contribution is 7.80. The Balaban J connectivity index is 1.34. The number of nitrogens with zero attached hydrogens (tertiary/aromatic N) is 4. The molecule has 0 atom stereocenters. The zero-order chi connectivity index (χ0) is 26.4. The first kappa shape index (κ1) is 25.6. The van der Waals surface area contributed by atoms with Crippen molar-refractivity contribution in [2.45, 2.75) is 13.3 Å². The third-order valence-corrected chi connectivity index (χ3v) is 5.17. The topological polar surface area (TPSA) is 85.6 Å². The third kappa shape index (κ3) is 7.04. The second kappa shape index (κ2) is 11.1. The number of hydrogen-bond donors (Lipinski definition) is 2. The average Bonchev–Trinajstić information content (AvgIpc) is 3.35. The zero-order valence-electron chi connectivity index (χ0n) is 19.7. The van der Waals surface area contributed by atoms with Crippen LogP contribution in [0.25, 0.3) is 17.1 Å². The zero-order valence-corrected chi connectivity index (χ0v) is 20.5. The van der Waals surface area contributed by atoms with Crippen LogP contribution in [0.1, 0.15) is 11.1 Å². The Morgan fingerprint density at radius 2 is 1.78 bits per heavy atom. The van der Waals surface area contributed by atoms with Crippen molar-refractivity contribution in [3.05, 3.63) is 84.2 Å². The smallest absolute Gasteiger partial charge is 0.495 e. The van der Waals surface area contributed by atoms with Gasteiger partial charge in [0.25, 0.3) is 0 Å². The van der Waals surface area contributed by atoms with Crippen molar-refractivity contribution in [2.75, 3.05) is 12.4 Å². The number of aromatic nitrogens is 3. The Morgan fingerprint density at radius 1 is 1.05 bits per heavy atom. The normalized spacial score (nSPS) is 11.4. The van der Waals surface area contributed by atoms with Gasteiger partial charge in [0.2, 0.25) is 0 Å². The minimum Gasteiger partial charge on any atom is -0.495 e. The van der Waals surface area contributed by atoms with Gasteiger partial charge >= 0.3 is 6.36 Å². The summed E-state index contributed by atoms with van der Waals surface area (Å²) in [6.45, 7) is 1.97. The van der Waals surface area contributed by atoms with Crippen LogP contribution in [0.5, 0.6) is 11.5 Å². The summed E-state index contributed by atoms with van der Waals surface area (Å²) in [5.74, 6) is 0.816. The number of nitrogens with one attached hydrogen (secondary N) is 2. The van der Waals surface area contributed by atoms with Gasteiger partial charge in [-0.1, -0.05) is 30.3 Å². The number of thiocarbonyl (C=S) groups is 1. The van der Waals surface area contributed by atoms with Crippen molar-refractivity contribution in [3.63, 3.8) is 0 Å². The van der Waals surface area contributed by atoms with Crippen LogP contribution in [-0.2, 0) is 0 Å². The molecule has 190 valence electrons. The van der Waals surface area contributed by atoms with E-state index in [2.05, 4.69) is 30.7 Å². The van der Waals surface area contributed by atoms with Crippen molar-refractivity contribution in [1.29, 1.82) is 0 Å². The van der Waals surface area contributed by atoms with Gasteiger partial charge < -0.3 is 14.8 Å². The Bertz CT molecular complexity index is 1400. The van der Waals surface area contributed by atoms with E-state index >= 15 is 0 Å². The van der Waals surface area contributed by atoms with E-state index in [0.29, 0.717) is 22.4 Å². The van der Waals surface area contributed by atoms with Crippen LogP contribution >= 0.6 is 12.2 Å². The molecule has 4 aromatic rings. The predicted octanol–water partition coefficient (Wildman–Crippen LogP) is 5.47. The van der Waals surface area contributed by atoms with E-state index in [-0.39, 0.29) is 5.75 Å². The van der Waals surface area contributed by atoms with Gasteiger partial charge in [-0.2, -0.15) is 5.10 Å². The molecule has 0 saturated carbocycles. The molecule has 0 aliphatic rings. The standard InChI is InChI=1S/C25H21F3N6O2S/c1-16-3-12-21(22(13-16)35-2)31-24(37)32-30-14-17-4-6-18(7-5-17)23-29-15-34(33-23)19-8-10-20(11-9-19)36-25(26,27)28/h3-15H,1-2H3,(H2,31,32,37)/b30-14+. The van der Waals surface area contributed by atoms with Gasteiger partial charge in [0.15, 0.2) is 10.9 Å². The lowest BCUT2D eigenvalue weighted by molar-refractivity contribution is -0.274. The number of anilines is 1. The fourth-order valence-electron chi connectivity index (χ4n) is 3.26. The number of alkyl halides is 3. The molecule has 37 heavy (non-hydrogen) atoms. The summed E-state index contributed by atoms with van der Waals surface area (Å²) in [4.78, 5) is 4.28. The van der Waals surface area contributed by atoms with Gasteiger partial charge in [0.05, 0.1) is 24.7 Å². The van der Waals surface area contributed by atoms with Crippen molar-refractivity contribution in [2.24, 2.45) is 5.10 Å². The minimum absolute atomic E-state index is 0.308. The molecule has 1 aromatic heterocycles. The van der Waals surface area contributed by atoms with Gasteiger partial charge in [0.1, 0.15) is 17.8 Å². The Morgan fingerprint density at radius 3 is 2.46 bits per heavy atom. The van der Waals surface area contributed by atoms with Crippen LogP contribution in [0, 0.1) is 6.92 Å². The van der Waals surface area contributed by atoms with Crippen LogP contribution in [0.3, 0.4) is 0 Å². The number of ether oxygens (including phenoxy) is 2. The molecule has 3 aromatic carbocycles. The van der Waals surface area contributed by atoms with E-state index in [9.17, 15) is 13.2 Å². The van der Waals surface area contributed by atoms with Crippen LogP contribution in [0.4, 0.5) is 18.9 Å². The van der Waals surface area contributed by atoms with E-state index < -0.39 is 6.36 Å². The number of benzene rings is 3. The molecule has 2 N–H and O–H groups in total. The maximum absolute atomic E-state index is 12.3. The van der Waals surface area contributed by atoms with E-state index in [1.807, 2.05) is 49.4 Å². The Kier molecular flexibility index (Phi) is 7.68. The van der Waals surface area contributed by atoms with E-state index in [4.69, 9.17) is 17.0 Å². The Hall–Kier alpha value is -4.45. The molecule has 0 unspecified atom stereocenters. The van der Waals surface area contributed by atoms with Crippen molar-refractivity contribution in [3.8, 4) is 28.6 Å². The van der Waals surface area contributed by atoms with Crippen LogP contribution in [0.2, 0.25) is 0 Å². The van der Waals surface area contributed by atoms with Gasteiger partial charge in [-0.15, -0.1) is 18.3 Å². The summed E-state index contributed by atoms with van der Waals surface area (Å²) in [6, 6.07) is 18.4. The summed E-state index contributed by atoms with van der Waals surface area (Å²) in [5, 5.41) is 11.9. The second-order valence-electron chi connectivity index (χ2n) is 7.70. The summed E-state index contributed by atoms with van der Waals surface area (Å²) in [5.41, 5.74) is 6.66. The minimum atomic E-state index is -4.74. The molecular formula is C25H21F3N6O2S. The maximum Gasteiger partial charge on any atom is 0.573 e. The molecule has 0 bridgehead atoms. The number of methoxy groups -OCH3 is 1. The largest absolute Gasteiger partial charge is 0.573 e. The molecule has 8 nitrogen and oxygen atoms in total. The summed E-state index contributed by atoms with van der Waals surface area (Å²) < 4.78 is 47.7. The molecule has 0 fully saturated rings. The molecular weight excluding hydrogens is 505 g/mol. The van der Waals surface area contributed by atoms with Gasteiger partial charge in [-0.3, -0.25) is 5.43 Å². The molecule has 1 heterocycles. The molecule has 0 amide bonds. The molecule has 0 saturated heterocycles. The maximum atomic E-state index is 12.3. The molecule has 0 aliphatic heterocycles.